The Morgan fingerprint density at radius 2 is 2.00 bits per heavy atom. The first-order valence-electron chi connectivity index (χ1n) is 7.30. The smallest absolute Gasteiger partial charge is 0.308 e. The number of nitrogens with zero attached hydrogens (tertiary/aromatic N) is 3. The van der Waals surface area contributed by atoms with Gasteiger partial charge >= 0.3 is 5.97 Å². The van der Waals surface area contributed by atoms with Gasteiger partial charge in [-0.3, -0.25) is 9.59 Å². The maximum atomic E-state index is 12.2. The quantitative estimate of drug-likeness (QED) is 0.476. The molecular weight excluding hydrogens is 302 g/mol. The molecule has 1 fully saturated rings. The fourth-order valence-electron chi connectivity index (χ4n) is 2.52. The molecule has 6 nitrogen and oxygen atoms in total. The molecule has 2 rings (SSSR count). The lowest BCUT2D eigenvalue weighted by molar-refractivity contribution is -0.148. The Kier molecular flexibility index (Phi) is 5.76. The predicted molar refractivity (Wildman–Crippen MR) is 83.6 cm³/mol. The normalized spacial score (nSPS) is 15.7. The molecule has 0 aromatic carbocycles. The molecular formula is C15H21N3O3S. The highest BCUT2D eigenvalue weighted by molar-refractivity contribution is 7.99. The standard InChI is InChI=1S/C15H21N3O3S/c1-10-8-13(17-11(2)16-10)22-9-14(19)18-6-4-12(5-7-18)15(20)21-3/h8,12H,4-7,9H2,1-3H3. The summed E-state index contributed by atoms with van der Waals surface area (Å²) < 4.78 is 4.75. The van der Waals surface area contributed by atoms with Gasteiger partial charge in [-0.2, -0.15) is 0 Å². The van der Waals surface area contributed by atoms with Gasteiger partial charge in [0.25, 0.3) is 0 Å². The molecule has 22 heavy (non-hydrogen) atoms. The van der Waals surface area contributed by atoms with Crippen LogP contribution in [-0.2, 0) is 14.3 Å². The van der Waals surface area contributed by atoms with Crippen LogP contribution in [0.4, 0.5) is 0 Å². The summed E-state index contributed by atoms with van der Waals surface area (Å²) in [6.45, 7) is 4.98. The number of amides is 1. The van der Waals surface area contributed by atoms with E-state index >= 15 is 0 Å². The highest BCUT2D eigenvalue weighted by atomic mass is 32.2. The minimum atomic E-state index is -0.173. The summed E-state index contributed by atoms with van der Waals surface area (Å²) in [5.41, 5.74) is 0.904. The maximum absolute atomic E-state index is 12.2. The van der Waals surface area contributed by atoms with E-state index in [0.29, 0.717) is 37.5 Å². The van der Waals surface area contributed by atoms with Crippen molar-refractivity contribution in [3.63, 3.8) is 0 Å². The van der Waals surface area contributed by atoms with Crippen LogP contribution in [0.3, 0.4) is 0 Å². The molecule has 0 bridgehead atoms. The molecule has 1 aliphatic heterocycles. The molecule has 0 aliphatic carbocycles. The fraction of sp³-hybridized carbons (Fsp3) is 0.600. The Hall–Kier alpha value is -1.63. The van der Waals surface area contributed by atoms with Crippen LogP contribution in [0.1, 0.15) is 24.4 Å². The third-order valence-corrected chi connectivity index (χ3v) is 4.56. The molecule has 0 N–H and O–H groups in total. The summed E-state index contributed by atoms with van der Waals surface area (Å²) in [6, 6.07) is 1.88. The topological polar surface area (TPSA) is 72.4 Å². The molecule has 0 atom stereocenters. The number of carbonyl (C=O) groups is 2. The van der Waals surface area contributed by atoms with Gasteiger partial charge in [-0.1, -0.05) is 11.8 Å². The second kappa shape index (κ2) is 7.58. The van der Waals surface area contributed by atoms with Crippen LogP contribution in [0.2, 0.25) is 0 Å². The number of esters is 1. The number of methoxy groups -OCH3 is 1. The van der Waals surface area contributed by atoms with Crippen molar-refractivity contribution in [1.29, 1.82) is 0 Å². The van der Waals surface area contributed by atoms with Gasteiger partial charge in [0.05, 0.1) is 18.8 Å². The van der Waals surface area contributed by atoms with Crippen molar-refractivity contribution in [1.82, 2.24) is 14.9 Å². The molecule has 1 aromatic heterocycles. The Bertz CT molecular complexity index is 537. The SMILES string of the molecule is COC(=O)C1CCN(C(=O)CSc2cc(C)nc(C)n2)CC1. The second-order valence-corrected chi connectivity index (χ2v) is 6.36. The van der Waals surface area contributed by atoms with E-state index < -0.39 is 0 Å². The molecule has 0 unspecified atom stereocenters. The number of hydrogen-bond acceptors (Lipinski definition) is 6. The summed E-state index contributed by atoms with van der Waals surface area (Å²) in [5.74, 6) is 0.914. The number of thioether (sulfide) groups is 1. The van der Waals surface area contributed by atoms with Crippen LogP contribution >= 0.6 is 11.8 Å². The van der Waals surface area contributed by atoms with Crippen molar-refractivity contribution in [2.75, 3.05) is 26.0 Å². The van der Waals surface area contributed by atoms with Gasteiger partial charge < -0.3 is 9.64 Å². The molecule has 1 aromatic rings. The van der Waals surface area contributed by atoms with Crippen molar-refractivity contribution in [3.05, 3.63) is 17.6 Å². The largest absolute Gasteiger partial charge is 0.469 e. The zero-order valence-electron chi connectivity index (χ0n) is 13.2. The van der Waals surface area contributed by atoms with E-state index in [2.05, 4.69) is 9.97 Å². The number of carbonyl (C=O) groups excluding carboxylic acids is 2. The Morgan fingerprint density at radius 1 is 1.32 bits per heavy atom. The maximum Gasteiger partial charge on any atom is 0.308 e. The fourth-order valence-corrected chi connectivity index (χ4v) is 3.42. The molecule has 1 aliphatic rings. The van der Waals surface area contributed by atoms with Crippen LogP contribution in [0.25, 0.3) is 0 Å². The molecule has 1 saturated heterocycles. The van der Waals surface area contributed by atoms with Crippen molar-refractivity contribution < 1.29 is 14.3 Å². The number of likely N-dealkylation sites (tertiary alicyclic amines) is 1. The van der Waals surface area contributed by atoms with Crippen LogP contribution < -0.4 is 0 Å². The second-order valence-electron chi connectivity index (χ2n) is 5.36. The number of hydrogen-bond donors (Lipinski definition) is 0. The van der Waals surface area contributed by atoms with E-state index in [1.165, 1.54) is 18.9 Å². The van der Waals surface area contributed by atoms with Crippen molar-refractivity contribution in [2.24, 2.45) is 5.92 Å². The summed E-state index contributed by atoms with van der Waals surface area (Å²) in [6.07, 6.45) is 1.35. The lowest BCUT2D eigenvalue weighted by Gasteiger charge is -2.30. The van der Waals surface area contributed by atoms with E-state index in [1.807, 2.05) is 24.8 Å². The predicted octanol–water partition coefficient (Wildman–Crippen LogP) is 1.60. The first kappa shape index (κ1) is 16.7. The average molecular weight is 323 g/mol. The Labute approximate surface area is 134 Å². The minimum Gasteiger partial charge on any atom is -0.469 e. The average Bonchev–Trinajstić information content (AvgIpc) is 2.51. The number of aromatic nitrogens is 2. The van der Waals surface area contributed by atoms with Gasteiger partial charge in [0.15, 0.2) is 0 Å². The molecule has 0 saturated carbocycles. The van der Waals surface area contributed by atoms with E-state index in [1.54, 1.807) is 0 Å². The Balaban J connectivity index is 1.82. The molecule has 120 valence electrons. The highest BCUT2D eigenvalue weighted by Gasteiger charge is 2.27. The Morgan fingerprint density at radius 3 is 2.59 bits per heavy atom. The van der Waals surface area contributed by atoms with Crippen molar-refractivity contribution >= 4 is 23.6 Å². The molecule has 0 spiro atoms. The minimum absolute atomic E-state index is 0.0751. The van der Waals surface area contributed by atoms with Crippen LogP contribution in [0.15, 0.2) is 11.1 Å². The van der Waals surface area contributed by atoms with Gasteiger partial charge in [-0.15, -0.1) is 0 Å². The van der Waals surface area contributed by atoms with E-state index in [9.17, 15) is 9.59 Å². The summed E-state index contributed by atoms with van der Waals surface area (Å²) in [7, 11) is 1.40. The van der Waals surface area contributed by atoms with Crippen LogP contribution in [-0.4, -0.2) is 52.7 Å². The number of ether oxygens (including phenoxy) is 1. The van der Waals surface area contributed by atoms with Gasteiger partial charge in [0.2, 0.25) is 5.91 Å². The molecule has 2 heterocycles. The zero-order chi connectivity index (χ0) is 16.1. The summed E-state index contributed by atoms with van der Waals surface area (Å²) in [4.78, 5) is 34.1. The number of rotatable bonds is 4. The third-order valence-electron chi connectivity index (χ3n) is 3.67. The van der Waals surface area contributed by atoms with Crippen LogP contribution in [0.5, 0.6) is 0 Å². The third kappa shape index (κ3) is 4.43. The van der Waals surface area contributed by atoms with Crippen molar-refractivity contribution in [2.45, 2.75) is 31.7 Å². The summed E-state index contributed by atoms with van der Waals surface area (Å²) >= 11 is 1.43. The molecule has 0 radical (unpaired) electrons. The summed E-state index contributed by atoms with van der Waals surface area (Å²) in [5, 5.41) is 0.822. The highest BCUT2D eigenvalue weighted by Crippen LogP contribution is 2.21. The van der Waals surface area contributed by atoms with Crippen molar-refractivity contribution in [3.8, 4) is 0 Å². The molecule has 1 amide bonds. The van der Waals surface area contributed by atoms with Gasteiger partial charge in [0.1, 0.15) is 10.9 Å². The lowest BCUT2D eigenvalue weighted by Crippen LogP contribution is -2.41. The number of aryl methyl sites for hydroxylation is 2. The van der Waals surface area contributed by atoms with Gasteiger partial charge in [-0.25, -0.2) is 9.97 Å². The molecule has 7 heteroatoms. The monoisotopic (exact) mass is 323 g/mol. The lowest BCUT2D eigenvalue weighted by atomic mass is 9.97. The first-order valence-corrected chi connectivity index (χ1v) is 8.29. The number of piperidine rings is 1. The zero-order valence-corrected chi connectivity index (χ0v) is 14.0. The van der Waals surface area contributed by atoms with E-state index in [0.717, 1.165) is 10.7 Å². The van der Waals surface area contributed by atoms with E-state index in [-0.39, 0.29) is 17.8 Å². The van der Waals surface area contributed by atoms with Gasteiger partial charge in [0, 0.05) is 18.8 Å². The van der Waals surface area contributed by atoms with E-state index in [4.69, 9.17) is 4.74 Å². The first-order chi connectivity index (χ1) is 10.5. The van der Waals surface area contributed by atoms with Gasteiger partial charge in [-0.05, 0) is 32.8 Å². The van der Waals surface area contributed by atoms with Crippen LogP contribution in [0, 0.1) is 19.8 Å².